The molecule has 24 heavy (non-hydrogen) atoms. The van der Waals surface area contributed by atoms with Crippen molar-refractivity contribution >= 4 is 28.5 Å². The second-order valence-corrected chi connectivity index (χ2v) is 5.12. The van der Waals surface area contributed by atoms with Crippen molar-refractivity contribution in [1.29, 1.82) is 0 Å². The molecule has 6 heteroatoms. The summed E-state index contributed by atoms with van der Waals surface area (Å²) in [6.45, 7) is 0. The van der Waals surface area contributed by atoms with Gasteiger partial charge in [-0.25, -0.2) is 4.98 Å². The minimum absolute atomic E-state index is 0.212. The van der Waals surface area contributed by atoms with Gasteiger partial charge in [-0.2, -0.15) is 0 Å². The Labute approximate surface area is 138 Å². The molecule has 0 saturated carbocycles. The number of benzene rings is 2. The highest BCUT2D eigenvalue weighted by Gasteiger charge is 2.15. The van der Waals surface area contributed by atoms with Crippen LogP contribution in [0.5, 0.6) is 5.75 Å². The van der Waals surface area contributed by atoms with Gasteiger partial charge in [-0.3, -0.25) is 9.59 Å². The van der Waals surface area contributed by atoms with Gasteiger partial charge < -0.3 is 15.8 Å². The quantitative estimate of drug-likeness (QED) is 0.772. The molecule has 0 saturated heterocycles. The Hall–Kier alpha value is -3.41. The summed E-state index contributed by atoms with van der Waals surface area (Å²) in [5, 5.41) is 3.68. The lowest BCUT2D eigenvalue weighted by Crippen LogP contribution is -2.17. The number of pyridine rings is 1. The van der Waals surface area contributed by atoms with Gasteiger partial charge in [0.25, 0.3) is 5.91 Å². The number of ether oxygens (including phenoxy) is 1. The van der Waals surface area contributed by atoms with Gasteiger partial charge in [0, 0.05) is 10.9 Å². The number of nitrogens with one attached hydrogen (secondary N) is 1. The van der Waals surface area contributed by atoms with E-state index in [9.17, 15) is 9.59 Å². The van der Waals surface area contributed by atoms with E-state index >= 15 is 0 Å². The number of rotatable bonds is 4. The summed E-state index contributed by atoms with van der Waals surface area (Å²) in [5.41, 5.74) is 6.48. The van der Waals surface area contributed by atoms with E-state index in [2.05, 4.69) is 10.3 Å². The fourth-order valence-corrected chi connectivity index (χ4v) is 2.36. The van der Waals surface area contributed by atoms with Crippen LogP contribution in [-0.2, 0) is 0 Å². The van der Waals surface area contributed by atoms with Gasteiger partial charge in [-0.1, -0.05) is 18.2 Å². The number of hydrogen-bond acceptors (Lipinski definition) is 4. The molecular formula is C18H15N3O3. The van der Waals surface area contributed by atoms with Crippen LogP contribution in [0.1, 0.15) is 20.7 Å². The number of nitrogens with two attached hydrogens (primary N) is 1. The van der Waals surface area contributed by atoms with Gasteiger partial charge in [0.05, 0.1) is 18.2 Å². The summed E-state index contributed by atoms with van der Waals surface area (Å²) in [4.78, 5) is 28.2. The highest BCUT2D eigenvalue weighted by atomic mass is 16.5. The number of methoxy groups -OCH3 is 1. The van der Waals surface area contributed by atoms with E-state index in [1.54, 1.807) is 6.07 Å². The predicted molar refractivity (Wildman–Crippen MR) is 91.2 cm³/mol. The number of aromatic nitrogens is 1. The van der Waals surface area contributed by atoms with Crippen LogP contribution in [0.2, 0.25) is 0 Å². The lowest BCUT2D eigenvalue weighted by molar-refractivity contribution is 0.1000. The van der Waals surface area contributed by atoms with E-state index in [0.29, 0.717) is 11.6 Å². The molecule has 0 atom stereocenters. The molecule has 1 aromatic heterocycles. The third kappa shape index (κ3) is 3.03. The number of carbonyl (C=O) groups is 2. The number of anilines is 1. The largest absolute Gasteiger partial charge is 0.496 e. The zero-order valence-corrected chi connectivity index (χ0v) is 12.9. The van der Waals surface area contributed by atoms with E-state index in [0.717, 1.165) is 10.9 Å². The minimum atomic E-state index is -0.615. The molecule has 0 spiro atoms. The molecule has 120 valence electrons. The van der Waals surface area contributed by atoms with Crippen molar-refractivity contribution in [2.24, 2.45) is 5.73 Å². The first-order chi connectivity index (χ1) is 11.6. The molecule has 0 unspecified atom stereocenters. The maximum atomic E-state index is 12.5. The average molecular weight is 321 g/mol. The summed E-state index contributed by atoms with van der Waals surface area (Å²) in [6.07, 6.45) is 0. The van der Waals surface area contributed by atoms with Crippen molar-refractivity contribution in [2.75, 3.05) is 12.4 Å². The van der Waals surface area contributed by atoms with Crippen LogP contribution in [0, 0.1) is 0 Å². The summed E-state index contributed by atoms with van der Waals surface area (Å²) in [5.74, 6) is -0.295. The second kappa shape index (κ2) is 6.37. The van der Waals surface area contributed by atoms with Crippen molar-refractivity contribution in [3.05, 3.63) is 65.7 Å². The van der Waals surface area contributed by atoms with Gasteiger partial charge in [0.1, 0.15) is 11.6 Å². The SMILES string of the molecule is COc1ccc(C(N)=O)cc1C(=O)Nc1ccc2ccccc2n1. The number of para-hydroxylation sites is 1. The normalized spacial score (nSPS) is 10.4. The molecule has 2 aromatic carbocycles. The topological polar surface area (TPSA) is 94.3 Å². The van der Waals surface area contributed by atoms with Crippen molar-refractivity contribution in [3.63, 3.8) is 0 Å². The van der Waals surface area contributed by atoms with Crippen molar-refractivity contribution in [2.45, 2.75) is 0 Å². The Morgan fingerprint density at radius 1 is 1.08 bits per heavy atom. The van der Waals surface area contributed by atoms with Crippen LogP contribution >= 0.6 is 0 Å². The molecule has 0 aliphatic rings. The van der Waals surface area contributed by atoms with Crippen LogP contribution in [-0.4, -0.2) is 23.9 Å². The fourth-order valence-electron chi connectivity index (χ4n) is 2.36. The molecule has 3 aromatic rings. The summed E-state index contributed by atoms with van der Waals surface area (Å²) in [7, 11) is 1.45. The monoisotopic (exact) mass is 321 g/mol. The van der Waals surface area contributed by atoms with Crippen molar-refractivity contribution in [1.82, 2.24) is 4.98 Å². The average Bonchev–Trinajstić information content (AvgIpc) is 2.60. The number of nitrogens with zero attached hydrogens (tertiary/aromatic N) is 1. The number of amides is 2. The molecule has 0 aliphatic heterocycles. The molecule has 3 rings (SSSR count). The number of carbonyl (C=O) groups excluding carboxylic acids is 2. The Kier molecular flexibility index (Phi) is 4.11. The molecule has 2 amide bonds. The van der Waals surface area contributed by atoms with Gasteiger partial charge in [0.2, 0.25) is 5.91 Å². The minimum Gasteiger partial charge on any atom is -0.496 e. The van der Waals surface area contributed by atoms with Crippen LogP contribution in [0.4, 0.5) is 5.82 Å². The van der Waals surface area contributed by atoms with Crippen LogP contribution in [0.25, 0.3) is 10.9 Å². The molecule has 0 bridgehead atoms. The molecule has 3 N–H and O–H groups in total. The second-order valence-electron chi connectivity index (χ2n) is 5.12. The van der Waals surface area contributed by atoms with E-state index in [1.807, 2.05) is 30.3 Å². The van der Waals surface area contributed by atoms with Crippen molar-refractivity contribution < 1.29 is 14.3 Å². The van der Waals surface area contributed by atoms with Crippen LogP contribution < -0.4 is 15.8 Å². The first-order valence-electron chi connectivity index (χ1n) is 7.23. The number of primary amides is 1. The smallest absolute Gasteiger partial charge is 0.260 e. The zero-order valence-electron chi connectivity index (χ0n) is 12.9. The first kappa shape index (κ1) is 15.5. The van der Waals surface area contributed by atoms with Gasteiger partial charge in [0.15, 0.2) is 0 Å². The van der Waals surface area contributed by atoms with Gasteiger partial charge in [-0.05, 0) is 36.4 Å². The van der Waals surface area contributed by atoms with Crippen LogP contribution in [0.15, 0.2) is 54.6 Å². The van der Waals surface area contributed by atoms with Gasteiger partial charge >= 0.3 is 0 Å². The van der Waals surface area contributed by atoms with Crippen LogP contribution in [0.3, 0.4) is 0 Å². The van der Waals surface area contributed by atoms with E-state index in [1.165, 1.54) is 25.3 Å². The maximum absolute atomic E-state index is 12.5. The Balaban J connectivity index is 1.93. The summed E-state index contributed by atoms with van der Waals surface area (Å²) in [6, 6.07) is 15.6. The Morgan fingerprint density at radius 2 is 1.88 bits per heavy atom. The van der Waals surface area contributed by atoms with Gasteiger partial charge in [-0.15, -0.1) is 0 Å². The lowest BCUT2D eigenvalue weighted by atomic mass is 10.1. The molecule has 6 nitrogen and oxygen atoms in total. The molecule has 1 heterocycles. The maximum Gasteiger partial charge on any atom is 0.260 e. The molecule has 0 radical (unpaired) electrons. The van der Waals surface area contributed by atoms with Crippen molar-refractivity contribution in [3.8, 4) is 5.75 Å². The van der Waals surface area contributed by atoms with E-state index in [4.69, 9.17) is 10.5 Å². The first-order valence-corrected chi connectivity index (χ1v) is 7.23. The Morgan fingerprint density at radius 3 is 2.62 bits per heavy atom. The molecule has 0 fully saturated rings. The lowest BCUT2D eigenvalue weighted by Gasteiger charge is -2.10. The summed E-state index contributed by atoms with van der Waals surface area (Å²) >= 11 is 0. The van der Waals surface area contributed by atoms with E-state index < -0.39 is 11.8 Å². The zero-order chi connectivity index (χ0) is 17.1. The summed E-state index contributed by atoms with van der Waals surface area (Å²) < 4.78 is 5.18. The third-order valence-electron chi connectivity index (χ3n) is 3.57. The number of fused-ring (bicyclic) bond motifs is 1. The predicted octanol–water partition coefficient (Wildman–Crippen LogP) is 2.59. The third-order valence-corrected chi connectivity index (χ3v) is 3.57. The standard InChI is InChI=1S/C18H15N3O3/c1-24-15-8-6-12(17(19)22)10-13(15)18(23)21-16-9-7-11-4-2-3-5-14(11)20-16/h2-10H,1H3,(H2,19,22)(H,20,21,23). The Bertz CT molecular complexity index is 938. The highest BCUT2D eigenvalue weighted by Crippen LogP contribution is 2.22. The molecular weight excluding hydrogens is 306 g/mol. The van der Waals surface area contributed by atoms with E-state index in [-0.39, 0.29) is 11.1 Å². The highest BCUT2D eigenvalue weighted by molar-refractivity contribution is 6.07. The molecule has 0 aliphatic carbocycles. The fraction of sp³-hybridized carbons (Fsp3) is 0.0556. The number of hydrogen-bond donors (Lipinski definition) is 2.